The van der Waals surface area contributed by atoms with Crippen molar-refractivity contribution < 1.29 is 9.15 Å². The minimum atomic E-state index is -0.384. The van der Waals surface area contributed by atoms with Crippen LogP contribution >= 0.6 is 11.3 Å². The number of benzene rings is 3. The van der Waals surface area contributed by atoms with Gasteiger partial charge in [-0.2, -0.15) is 0 Å². The van der Waals surface area contributed by atoms with E-state index in [0.29, 0.717) is 17.9 Å². The molecule has 5 heteroatoms. The van der Waals surface area contributed by atoms with Crippen LogP contribution in [0.5, 0.6) is 5.75 Å². The standard InChI is InChI=1S/C25H17NO3S/c27-24-14-22(17-7-3-1-4-8-17)21-12-11-20(13-23(21)29-24)28-15-19-16-30-25(26-19)18-9-5-2-6-10-18/h1-14,16H,15H2. The molecule has 0 saturated heterocycles. The van der Waals surface area contributed by atoms with Crippen LogP contribution in [0.3, 0.4) is 0 Å². The fraction of sp³-hybridized carbons (Fsp3) is 0.0400. The van der Waals surface area contributed by atoms with E-state index in [4.69, 9.17) is 9.15 Å². The van der Waals surface area contributed by atoms with Gasteiger partial charge in [0.1, 0.15) is 22.9 Å². The van der Waals surface area contributed by atoms with Gasteiger partial charge in [-0.25, -0.2) is 9.78 Å². The summed E-state index contributed by atoms with van der Waals surface area (Å²) >= 11 is 1.59. The predicted octanol–water partition coefficient (Wildman–Crippen LogP) is 6.16. The van der Waals surface area contributed by atoms with Gasteiger partial charge in [0.15, 0.2) is 0 Å². The van der Waals surface area contributed by atoms with Crippen molar-refractivity contribution in [3.63, 3.8) is 0 Å². The molecule has 0 atom stereocenters. The first-order valence-corrected chi connectivity index (χ1v) is 10.4. The zero-order valence-corrected chi connectivity index (χ0v) is 16.8. The van der Waals surface area contributed by atoms with Crippen molar-refractivity contribution in [3.8, 4) is 27.4 Å². The van der Waals surface area contributed by atoms with Crippen LogP contribution in [0.2, 0.25) is 0 Å². The van der Waals surface area contributed by atoms with Crippen LogP contribution in [0.25, 0.3) is 32.7 Å². The quantitative estimate of drug-likeness (QED) is 0.325. The Morgan fingerprint density at radius 1 is 0.867 bits per heavy atom. The number of thiazole rings is 1. The lowest BCUT2D eigenvalue weighted by Gasteiger charge is -2.08. The molecule has 146 valence electrons. The summed E-state index contributed by atoms with van der Waals surface area (Å²) in [5, 5.41) is 3.83. The molecule has 0 N–H and O–H groups in total. The Kier molecular flexibility index (Phi) is 4.87. The highest BCUT2D eigenvalue weighted by Gasteiger charge is 2.10. The average molecular weight is 411 g/mol. The number of hydrogen-bond acceptors (Lipinski definition) is 5. The van der Waals surface area contributed by atoms with E-state index in [1.165, 1.54) is 6.07 Å². The summed E-state index contributed by atoms with van der Waals surface area (Å²) in [6, 6.07) is 27.0. The third kappa shape index (κ3) is 3.75. The Morgan fingerprint density at radius 3 is 2.37 bits per heavy atom. The zero-order chi connectivity index (χ0) is 20.3. The summed E-state index contributed by atoms with van der Waals surface area (Å²) in [6.07, 6.45) is 0. The molecule has 3 aromatic carbocycles. The molecule has 0 aliphatic carbocycles. The maximum atomic E-state index is 12.1. The average Bonchev–Trinajstić information content (AvgIpc) is 3.27. The fourth-order valence-corrected chi connectivity index (χ4v) is 4.14. The molecule has 4 nitrogen and oxygen atoms in total. The third-order valence-corrected chi connectivity index (χ3v) is 5.70. The fourth-order valence-electron chi connectivity index (χ4n) is 3.33. The van der Waals surface area contributed by atoms with E-state index >= 15 is 0 Å². The van der Waals surface area contributed by atoms with E-state index in [1.807, 2.05) is 78.2 Å². The molecule has 30 heavy (non-hydrogen) atoms. The van der Waals surface area contributed by atoms with E-state index < -0.39 is 0 Å². The lowest BCUT2D eigenvalue weighted by Crippen LogP contribution is -1.99. The lowest BCUT2D eigenvalue weighted by atomic mass is 10.0. The Morgan fingerprint density at radius 2 is 1.60 bits per heavy atom. The maximum absolute atomic E-state index is 12.1. The van der Waals surface area contributed by atoms with Crippen molar-refractivity contribution in [1.29, 1.82) is 0 Å². The normalized spacial score (nSPS) is 10.9. The molecular formula is C25H17NO3S. The third-order valence-electron chi connectivity index (χ3n) is 4.76. The molecule has 0 fully saturated rings. The van der Waals surface area contributed by atoms with E-state index in [-0.39, 0.29) is 5.63 Å². The number of fused-ring (bicyclic) bond motifs is 1. The minimum Gasteiger partial charge on any atom is -0.487 e. The van der Waals surface area contributed by atoms with E-state index in [0.717, 1.165) is 32.8 Å². The molecule has 5 aromatic rings. The van der Waals surface area contributed by atoms with Crippen LogP contribution in [0, 0.1) is 0 Å². The minimum absolute atomic E-state index is 0.345. The van der Waals surface area contributed by atoms with Gasteiger partial charge in [-0.15, -0.1) is 11.3 Å². The van der Waals surface area contributed by atoms with Crippen LogP contribution in [-0.4, -0.2) is 4.98 Å². The van der Waals surface area contributed by atoms with Gasteiger partial charge in [-0.3, -0.25) is 0 Å². The second kappa shape index (κ2) is 7.97. The van der Waals surface area contributed by atoms with Crippen molar-refractivity contribution in [1.82, 2.24) is 4.98 Å². The number of aromatic nitrogens is 1. The highest BCUT2D eigenvalue weighted by molar-refractivity contribution is 7.13. The van der Waals surface area contributed by atoms with Gasteiger partial charge in [0.2, 0.25) is 0 Å². The van der Waals surface area contributed by atoms with Crippen molar-refractivity contribution in [2.24, 2.45) is 0 Å². The topological polar surface area (TPSA) is 52.3 Å². The molecule has 0 spiro atoms. The first kappa shape index (κ1) is 18.3. The van der Waals surface area contributed by atoms with Gasteiger partial charge in [-0.05, 0) is 23.3 Å². The molecule has 0 saturated carbocycles. The Labute approximate surface area is 177 Å². The number of rotatable bonds is 5. The largest absolute Gasteiger partial charge is 0.487 e. The molecular weight excluding hydrogens is 394 g/mol. The number of nitrogens with zero attached hydrogens (tertiary/aromatic N) is 1. The highest BCUT2D eigenvalue weighted by Crippen LogP contribution is 2.30. The number of hydrogen-bond donors (Lipinski definition) is 0. The van der Waals surface area contributed by atoms with Crippen LogP contribution < -0.4 is 10.4 Å². The molecule has 0 unspecified atom stereocenters. The van der Waals surface area contributed by atoms with Crippen LogP contribution in [0.1, 0.15) is 5.69 Å². The SMILES string of the molecule is O=c1cc(-c2ccccc2)c2ccc(OCc3csc(-c4ccccc4)n3)cc2o1. The summed E-state index contributed by atoms with van der Waals surface area (Å²) < 4.78 is 11.3. The first-order valence-electron chi connectivity index (χ1n) is 9.52. The van der Waals surface area contributed by atoms with Crippen molar-refractivity contribution in [2.75, 3.05) is 0 Å². The lowest BCUT2D eigenvalue weighted by molar-refractivity contribution is 0.302. The molecule has 2 heterocycles. The Hall–Kier alpha value is -3.70. The van der Waals surface area contributed by atoms with Crippen molar-refractivity contribution in [3.05, 3.63) is 106 Å². The van der Waals surface area contributed by atoms with Gasteiger partial charge < -0.3 is 9.15 Å². The van der Waals surface area contributed by atoms with Gasteiger partial charge in [0.05, 0.1) is 5.69 Å². The van der Waals surface area contributed by atoms with Crippen LogP contribution in [-0.2, 0) is 6.61 Å². The molecule has 2 aromatic heterocycles. The zero-order valence-electron chi connectivity index (χ0n) is 15.9. The molecule has 0 radical (unpaired) electrons. The Bertz CT molecular complexity index is 1360. The van der Waals surface area contributed by atoms with Gasteiger partial charge >= 0.3 is 5.63 Å². The molecule has 0 bridgehead atoms. The molecule has 0 aliphatic heterocycles. The molecule has 0 aliphatic rings. The van der Waals surface area contributed by atoms with E-state index in [1.54, 1.807) is 17.4 Å². The summed E-state index contributed by atoms with van der Waals surface area (Å²) in [5.74, 6) is 0.630. The first-order chi connectivity index (χ1) is 14.8. The summed E-state index contributed by atoms with van der Waals surface area (Å²) in [6.45, 7) is 0.345. The van der Waals surface area contributed by atoms with E-state index in [2.05, 4.69) is 4.98 Å². The predicted molar refractivity (Wildman–Crippen MR) is 120 cm³/mol. The number of ether oxygens (including phenoxy) is 1. The highest BCUT2D eigenvalue weighted by atomic mass is 32.1. The molecule has 0 amide bonds. The van der Waals surface area contributed by atoms with Gasteiger partial charge in [0.25, 0.3) is 0 Å². The monoisotopic (exact) mass is 411 g/mol. The Balaban J connectivity index is 1.40. The van der Waals surface area contributed by atoms with Gasteiger partial charge in [-0.1, -0.05) is 60.7 Å². The second-order valence-corrected chi connectivity index (χ2v) is 7.66. The van der Waals surface area contributed by atoms with E-state index in [9.17, 15) is 4.79 Å². The summed E-state index contributed by atoms with van der Waals surface area (Å²) in [4.78, 5) is 16.7. The van der Waals surface area contributed by atoms with Crippen molar-refractivity contribution in [2.45, 2.75) is 6.61 Å². The summed E-state index contributed by atoms with van der Waals surface area (Å²) in [5.41, 5.74) is 3.89. The van der Waals surface area contributed by atoms with Crippen LogP contribution in [0.4, 0.5) is 0 Å². The maximum Gasteiger partial charge on any atom is 0.336 e. The van der Waals surface area contributed by atoms with Crippen LogP contribution in [0.15, 0.2) is 99.5 Å². The molecule has 5 rings (SSSR count). The van der Waals surface area contributed by atoms with Crippen molar-refractivity contribution >= 4 is 22.3 Å². The summed E-state index contributed by atoms with van der Waals surface area (Å²) in [7, 11) is 0. The second-order valence-electron chi connectivity index (χ2n) is 6.80. The smallest absolute Gasteiger partial charge is 0.336 e. The van der Waals surface area contributed by atoms with Gasteiger partial charge in [0, 0.05) is 28.5 Å².